The van der Waals surface area contributed by atoms with Crippen LogP contribution in [0.5, 0.6) is 0 Å². The van der Waals surface area contributed by atoms with E-state index in [1.165, 1.54) is 23.6 Å². The van der Waals surface area contributed by atoms with Crippen molar-refractivity contribution >= 4 is 29.7 Å². The van der Waals surface area contributed by atoms with Crippen LogP contribution in [0.15, 0.2) is 30.3 Å². The SMILES string of the molecule is CC(=O)N1CCCC(C2SCC(C(=O)O)N2C(=O)OCc2ccccc2)C1. The predicted molar refractivity (Wildman–Crippen MR) is 101 cm³/mol. The highest BCUT2D eigenvalue weighted by atomic mass is 32.2. The molecule has 0 aliphatic carbocycles. The molecule has 27 heavy (non-hydrogen) atoms. The Morgan fingerprint density at radius 2 is 2.00 bits per heavy atom. The summed E-state index contributed by atoms with van der Waals surface area (Å²) in [4.78, 5) is 39.3. The van der Waals surface area contributed by atoms with E-state index in [2.05, 4.69) is 0 Å². The molecule has 3 atom stereocenters. The van der Waals surface area contributed by atoms with Gasteiger partial charge in [-0.05, 0) is 18.4 Å². The molecule has 2 aliphatic rings. The van der Waals surface area contributed by atoms with Crippen molar-refractivity contribution in [3.63, 3.8) is 0 Å². The highest BCUT2D eigenvalue weighted by Crippen LogP contribution is 2.38. The number of likely N-dealkylation sites (tertiary alicyclic amines) is 1. The van der Waals surface area contributed by atoms with E-state index >= 15 is 0 Å². The van der Waals surface area contributed by atoms with Crippen molar-refractivity contribution in [2.24, 2.45) is 5.92 Å². The van der Waals surface area contributed by atoms with Gasteiger partial charge in [-0.15, -0.1) is 11.8 Å². The van der Waals surface area contributed by atoms with Gasteiger partial charge in [-0.2, -0.15) is 0 Å². The second-order valence-electron chi connectivity index (χ2n) is 6.89. The van der Waals surface area contributed by atoms with Crippen LogP contribution in [-0.4, -0.2) is 63.1 Å². The molecular formula is C19H24N2O5S. The summed E-state index contributed by atoms with van der Waals surface area (Å²) in [6.45, 7) is 2.89. The van der Waals surface area contributed by atoms with Crippen LogP contribution in [0.25, 0.3) is 0 Å². The molecular weight excluding hydrogens is 368 g/mol. The number of carboxylic acid groups (broad SMARTS) is 1. The quantitative estimate of drug-likeness (QED) is 0.847. The minimum Gasteiger partial charge on any atom is -0.480 e. The number of benzene rings is 1. The summed E-state index contributed by atoms with van der Waals surface area (Å²) in [5, 5.41) is 9.25. The zero-order valence-electron chi connectivity index (χ0n) is 15.2. The van der Waals surface area contributed by atoms with Crippen LogP contribution in [0.1, 0.15) is 25.3 Å². The number of thioether (sulfide) groups is 1. The molecule has 2 fully saturated rings. The Kier molecular flexibility index (Phi) is 6.26. The van der Waals surface area contributed by atoms with Gasteiger partial charge in [0.05, 0.1) is 5.37 Å². The van der Waals surface area contributed by atoms with Crippen molar-refractivity contribution in [1.29, 1.82) is 0 Å². The van der Waals surface area contributed by atoms with Crippen LogP contribution >= 0.6 is 11.8 Å². The van der Waals surface area contributed by atoms with Gasteiger partial charge in [0.15, 0.2) is 0 Å². The molecule has 0 bridgehead atoms. The number of hydrogen-bond donors (Lipinski definition) is 1. The Morgan fingerprint density at radius 3 is 2.67 bits per heavy atom. The van der Waals surface area contributed by atoms with Crippen molar-refractivity contribution in [3.8, 4) is 0 Å². The van der Waals surface area contributed by atoms with Crippen molar-refractivity contribution in [1.82, 2.24) is 9.80 Å². The number of nitrogens with zero attached hydrogens (tertiary/aromatic N) is 2. The lowest BCUT2D eigenvalue weighted by Crippen LogP contribution is -2.51. The molecule has 1 aromatic carbocycles. The van der Waals surface area contributed by atoms with E-state index in [1.807, 2.05) is 30.3 Å². The van der Waals surface area contributed by atoms with Crippen LogP contribution < -0.4 is 0 Å². The summed E-state index contributed by atoms with van der Waals surface area (Å²) in [5.74, 6) is -0.644. The van der Waals surface area contributed by atoms with Crippen LogP contribution in [0.3, 0.4) is 0 Å². The molecule has 0 radical (unpaired) electrons. The van der Waals surface area contributed by atoms with Gasteiger partial charge in [0.25, 0.3) is 0 Å². The fraction of sp³-hybridized carbons (Fsp3) is 0.526. The average molecular weight is 392 g/mol. The summed E-state index contributed by atoms with van der Waals surface area (Å²) in [6.07, 6.45) is 1.10. The van der Waals surface area contributed by atoms with Crippen molar-refractivity contribution in [2.45, 2.75) is 37.8 Å². The number of carboxylic acids is 1. The van der Waals surface area contributed by atoms with E-state index in [0.29, 0.717) is 18.8 Å². The molecule has 0 spiro atoms. The second kappa shape index (κ2) is 8.65. The van der Waals surface area contributed by atoms with E-state index in [-0.39, 0.29) is 23.8 Å². The number of carbonyl (C=O) groups excluding carboxylic acids is 2. The fourth-order valence-corrected chi connectivity index (χ4v) is 5.21. The highest BCUT2D eigenvalue weighted by Gasteiger charge is 2.46. The predicted octanol–water partition coefficient (Wildman–Crippen LogP) is 2.41. The number of ether oxygens (including phenoxy) is 1. The molecule has 1 N–H and O–H groups in total. The maximum atomic E-state index is 12.7. The van der Waals surface area contributed by atoms with Gasteiger partial charge in [-0.25, -0.2) is 9.59 Å². The first-order chi connectivity index (χ1) is 13.0. The molecule has 0 aromatic heterocycles. The van der Waals surface area contributed by atoms with E-state index in [0.717, 1.165) is 18.4 Å². The Labute approximate surface area is 162 Å². The molecule has 2 amide bonds. The van der Waals surface area contributed by atoms with Gasteiger partial charge in [0.2, 0.25) is 5.91 Å². The van der Waals surface area contributed by atoms with E-state index in [1.54, 1.807) is 4.90 Å². The lowest BCUT2D eigenvalue weighted by Gasteiger charge is -2.38. The Morgan fingerprint density at radius 1 is 1.26 bits per heavy atom. The third-order valence-electron chi connectivity index (χ3n) is 5.04. The Balaban J connectivity index is 1.72. The largest absolute Gasteiger partial charge is 0.480 e. The average Bonchev–Trinajstić information content (AvgIpc) is 3.12. The van der Waals surface area contributed by atoms with Gasteiger partial charge in [0.1, 0.15) is 12.6 Å². The first-order valence-corrected chi connectivity index (χ1v) is 10.1. The zero-order valence-corrected chi connectivity index (χ0v) is 16.1. The summed E-state index contributed by atoms with van der Waals surface area (Å²) < 4.78 is 5.42. The number of aliphatic carboxylic acids is 1. The molecule has 8 heteroatoms. The highest BCUT2D eigenvalue weighted by molar-refractivity contribution is 8.00. The number of carbonyl (C=O) groups is 3. The zero-order chi connectivity index (χ0) is 19.4. The van der Waals surface area contributed by atoms with Gasteiger partial charge < -0.3 is 14.7 Å². The number of rotatable bonds is 4. The molecule has 2 heterocycles. The first kappa shape index (κ1) is 19.5. The monoisotopic (exact) mass is 392 g/mol. The van der Waals surface area contributed by atoms with E-state index < -0.39 is 18.1 Å². The van der Waals surface area contributed by atoms with Crippen molar-refractivity contribution in [3.05, 3.63) is 35.9 Å². The van der Waals surface area contributed by atoms with Gasteiger partial charge in [0, 0.05) is 31.7 Å². The maximum absolute atomic E-state index is 12.7. The van der Waals surface area contributed by atoms with Crippen LogP contribution in [0, 0.1) is 5.92 Å². The topological polar surface area (TPSA) is 87.2 Å². The Bertz CT molecular complexity index is 699. The summed E-state index contributed by atoms with van der Waals surface area (Å²) in [5.41, 5.74) is 0.849. The third-order valence-corrected chi connectivity index (χ3v) is 6.50. The summed E-state index contributed by atoms with van der Waals surface area (Å²) in [6, 6.07) is 8.39. The van der Waals surface area contributed by atoms with Crippen LogP contribution in [-0.2, 0) is 20.9 Å². The standard InChI is InChI=1S/C19H24N2O5S/c1-13(22)20-9-5-8-15(10-20)17-21(16(12-27-17)18(23)24)19(25)26-11-14-6-3-2-4-7-14/h2-4,6-7,15-17H,5,8-12H2,1H3,(H,23,24). The van der Waals surface area contributed by atoms with Crippen LogP contribution in [0.4, 0.5) is 4.79 Å². The minimum atomic E-state index is -1.03. The molecule has 2 saturated heterocycles. The third kappa shape index (κ3) is 4.55. The van der Waals surface area contributed by atoms with Gasteiger partial charge >= 0.3 is 12.1 Å². The lowest BCUT2D eigenvalue weighted by molar-refractivity contribution is -0.142. The number of hydrogen-bond acceptors (Lipinski definition) is 5. The normalized spacial score (nSPS) is 25.3. The van der Waals surface area contributed by atoms with Crippen LogP contribution in [0.2, 0.25) is 0 Å². The van der Waals surface area contributed by atoms with Crippen molar-refractivity contribution < 1.29 is 24.2 Å². The number of piperidine rings is 1. The smallest absolute Gasteiger partial charge is 0.411 e. The molecule has 2 aliphatic heterocycles. The van der Waals surface area contributed by atoms with Gasteiger partial charge in [-0.3, -0.25) is 9.69 Å². The molecule has 7 nitrogen and oxygen atoms in total. The molecule has 146 valence electrons. The first-order valence-electron chi connectivity index (χ1n) is 9.06. The molecule has 3 unspecified atom stereocenters. The van der Waals surface area contributed by atoms with Gasteiger partial charge in [-0.1, -0.05) is 30.3 Å². The van der Waals surface area contributed by atoms with Crippen molar-refractivity contribution in [2.75, 3.05) is 18.8 Å². The lowest BCUT2D eigenvalue weighted by atomic mass is 9.96. The summed E-state index contributed by atoms with van der Waals surface area (Å²) in [7, 11) is 0. The van der Waals surface area contributed by atoms with E-state index in [9.17, 15) is 19.5 Å². The fourth-order valence-electron chi connectivity index (χ4n) is 3.63. The van der Waals surface area contributed by atoms with E-state index in [4.69, 9.17) is 4.74 Å². The number of amides is 2. The summed E-state index contributed by atoms with van der Waals surface area (Å²) >= 11 is 1.46. The minimum absolute atomic E-state index is 0.00989. The molecule has 0 saturated carbocycles. The molecule has 3 rings (SSSR count). The molecule has 1 aromatic rings. The maximum Gasteiger partial charge on any atom is 0.411 e. The Hall–Kier alpha value is -2.22. The second-order valence-corrected chi connectivity index (χ2v) is 8.04.